The Balaban J connectivity index is -0.0000000925. The largest absolute Gasteiger partial charge is 0.0683 e. The second kappa shape index (κ2) is 22.2. The lowest BCUT2D eigenvalue weighted by Crippen LogP contribution is -2.12. The first-order valence-corrected chi connectivity index (χ1v) is 8.45. The van der Waals surface area contributed by atoms with Crippen molar-refractivity contribution in [3.8, 4) is 0 Å². The predicted molar refractivity (Wildman–Crippen MR) is 91.4 cm³/mol. The van der Waals surface area contributed by atoms with E-state index < -0.39 is 0 Å². The molecule has 0 heteroatoms. The van der Waals surface area contributed by atoms with Gasteiger partial charge in [0.1, 0.15) is 0 Å². The quantitative estimate of drug-likeness (QED) is 0.474. The molecule has 0 atom stereocenters. The van der Waals surface area contributed by atoms with Crippen LogP contribution in [0.25, 0.3) is 0 Å². The Morgan fingerprint density at radius 1 is 0.778 bits per heavy atom. The molecule has 0 rings (SSSR count). The van der Waals surface area contributed by atoms with Crippen molar-refractivity contribution in [2.75, 3.05) is 0 Å². The van der Waals surface area contributed by atoms with Crippen LogP contribution < -0.4 is 0 Å². The van der Waals surface area contributed by atoms with Crippen LogP contribution in [0, 0.1) is 11.3 Å². The van der Waals surface area contributed by atoms with Crippen LogP contribution >= 0.6 is 0 Å². The maximum Gasteiger partial charge on any atom is -0.0331 e. The van der Waals surface area contributed by atoms with Crippen LogP contribution in [-0.2, 0) is 0 Å². The molecule has 0 N–H and O–H groups in total. The molecule has 0 unspecified atom stereocenters. The predicted octanol–water partition coefficient (Wildman–Crippen LogP) is 7.72. The lowest BCUT2D eigenvalue weighted by atomic mass is 9.81. The highest BCUT2D eigenvalue weighted by Crippen LogP contribution is 2.30. The van der Waals surface area contributed by atoms with E-state index in [-0.39, 0.29) is 0 Å². The van der Waals surface area contributed by atoms with Crippen molar-refractivity contribution >= 4 is 0 Å². The molecular formula is C18H44. The molecule has 0 aromatic heterocycles. The van der Waals surface area contributed by atoms with Crippen LogP contribution in [0.1, 0.15) is 108 Å². The van der Waals surface area contributed by atoms with Gasteiger partial charge in [-0.2, -0.15) is 0 Å². The Bertz CT molecular complexity index is 98.6. The highest BCUT2D eigenvalue weighted by Gasteiger charge is 2.16. The maximum atomic E-state index is 2.39. The Kier molecular flexibility index (Phi) is 32.7. The first-order chi connectivity index (χ1) is 8.45. The molecule has 0 amide bonds. The highest BCUT2D eigenvalue weighted by atomic mass is 14.2. The van der Waals surface area contributed by atoms with Gasteiger partial charge in [-0.05, 0) is 17.8 Å². The van der Waals surface area contributed by atoms with E-state index in [1.54, 1.807) is 0 Å². The molecule has 18 heavy (non-hydrogen) atoms. The fourth-order valence-electron chi connectivity index (χ4n) is 1.21. The number of hydrogen-bond donors (Lipinski definition) is 0. The van der Waals surface area contributed by atoms with Crippen LogP contribution in [0.4, 0.5) is 0 Å². The van der Waals surface area contributed by atoms with Crippen LogP contribution in [0.15, 0.2) is 0 Å². The van der Waals surface area contributed by atoms with E-state index in [1.807, 2.05) is 27.7 Å². The van der Waals surface area contributed by atoms with E-state index in [1.165, 1.54) is 32.1 Å². The third-order valence-electron chi connectivity index (χ3n) is 3.38. The molecule has 0 aliphatic carbocycles. The van der Waals surface area contributed by atoms with Crippen molar-refractivity contribution in [2.24, 2.45) is 11.3 Å². The Hall–Kier alpha value is 0. The van der Waals surface area contributed by atoms with Gasteiger partial charge >= 0.3 is 0 Å². The molecule has 0 fully saturated rings. The fourth-order valence-corrected chi connectivity index (χ4v) is 1.21. The molecule has 0 saturated heterocycles. The topological polar surface area (TPSA) is 0 Å². The van der Waals surface area contributed by atoms with E-state index in [9.17, 15) is 0 Å². The SMILES string of the molecule is CC.CC.CCC(C)C.CCCC(C)(CC)CC. The lowest BCUT2D eigenvalue weighted by Gasteiger charge is -2.25. The molecular weight excluding hydrogens is 216 g/mol. The van der Waals surface area contributed by atoms with Crippen molar-refractivity contribution in [1.82, 2.24) is 0 Å². The summed E-state index contributed by atoms with van der Waals surface area (Å²) in [4.78, 5) is 0. The van der Waals surface area contributed by atoms with E-state index in [0.717, 1.165) is 5.92 Å². The summed E-state index contributed by atoms with van der Waals surface area (Å²) >= 11 is 0. The van der Waals surface area contributed by atoms with E-state index >= 15 is 0 Å². The molecule has 0 saturated carbocycles. The van der Waals surface area contributed by atoms with Crippen molar-refractivity contribution in [1.29, 1.82) is 0 Å². The minimum atomic E-state index is 0.634. The molecule has 0 bridgehead atoms. The van der Waals surface area contributed by atoms with Gasteiger partial charge in [0.25, 0.3) is 0 Å². The normalized spacial score (nSPS) is 9.33. The summed E-state index contributed by atoms with van der Waals surface area (Å²) in [5, 5.41) is 0. The van der Waals surface area contributed by atoms with Gasteiger partial charge in [0.05, 0.1) is 0 Å². The monoisotopic (exact) mass is 260 g/mol. The molecule has 0 aromatic carbocycles. The van der Waals surface area contributed by atoms with Gasteiger partial charge in [0, 0.05) is 0 Å². The second-order valence-electron chi connectivity index (χ2n) is 5.07. The average Bonchev–Trinajstić information content (AvgIpc) is 2.44. The molecule has 0 aliphatic rings. The van der Waals surface area contributed by atoms with Crippen molar-refractivity contribution in [3.05, 3.63) is 0 Å². The minimum Gasteiger partial charge on any atom is -0.0683 e. The van der Waals surface area contributed by atoms with Gasteiger partial charge in [-0.15, -0.1) is 0 Å². The Labute approximate surface area is 120 Å². The minimum absolute atomic E-state index is 0.634. The van der Waals surface area contributed by atoms with Crippen LogP contribution in [0.2, 0.25) is 0 Å². The molecule has 0 aliphatic heterocycles. The summed E-state index contributed by atoms with van der Waals surface area (Å²) < 4.78 is 0. The summed E-state index contributed by atoms with van der Waals surface area (Å²) in [6.45, 7) is 23.9. The zero-order valence-corrected chi connectivity index (χ0v) is 15.6. The maximum absolute atomic E-state index is 2.39. The molecule has 0 aromatic rings. The lowest BCUT2D eigenvalue weighted by molar-refractivity contribution is 0.270. The summed E-state index contributed by atoms with van der Waals surface area (Å²) in [5.74, 6) is 0.884. The smallest absolute Gasteiger partial charge is 0.0331 e. The Morgan fingerprint density at radius 3 is 1.11 bits per heavy atom. The van der Waals surface area contributed by atoms with Gasteiger partial charge in [0.2, 0.25) is 0 Å². The molecule has 116 valence electrons. The summed E-state index contributed by atoms with van der Waals surface area (Å²) in [7, 11) is 0. The molecule has 0 nitrogen and oxygen atoms in total. The van der Waals surface area contributed by atoms with Crippen molar-refractivity contribution in [2.45, 2.75) is 108 Å². The van der Waals surface area contributed by atoms with E-state index in [0.29, 0.717) is 5.41 Å². The van der Waals surface area contributed by atoms with Crippen LogP contribution in [-0.4, -0.2) is 0 Å². The van der Waals surface area contributed by atoms with E-state index in [2.05, 4.69) is 48.5 Å². The fraction of sp³-hybridized carbons (Fsp3) is 1.00. The van der Waals surface area contributed by atoms with Gasteiger partial charge in [0.15, 0.2) is 0 Å². The van der Waals surface area contributed by atoms with Gasteiger partial charge in [-0.25, -0.2) is 0 Å². The third-order valence-corrected chi connectivity index (χ3v) is 3.38. The van der Waals surface area contributed by atoms with Gasteiger partial charge in [-0.1, -0.05) is 102 Å². The second-order valence-corrected chi connectivity index (χ2v) is 5.07. The molecule has 0 spiro atoms. The third kappa shape index (κ3) is 25.0. The standard InChI is InChI=1S/C9H20.C5H12.2C2H6/c1-5-8-9(4,6-2)7-3;1-4-5(2)3;2*1-2/h5-8H2,1-4H3;5H,4H2,1-3H3;2*1-2H3. The summed E-state index contributed by atoms with van der Waals surface area (Å²) in [6, 6.07) is 0. The zero-order chi connectivity index (χ0) is 15.6. The number of hydrogen-bond acceptors (Lipinski definition) is 0. The van der Waals surface area contributed by atoms with E-state index in [4.69, 9.17) is 0 Å². The van der Waals surface area contributed by atoms with Crippen LogP contribution in [0.3, 0.4) is 0 Å². The number of rotatable bonds is 5. The Morgan fingerprint density at radius 2 is 1.06 bits per heavy atom. The first kappa shape index (κ1) is 26.5. The average molecular weight is 261 g/mol. The summed E-state index contributed by atoms with van der Waals surface area (Å²) in [5.41, 5.74) is 0.634. The molecule has 0 heterocycles. The highest BCUT2D eigenvalue weighted by molar-refractivity contribution is 4.69. The zero-order valence-electron chi connectivity index (χ0n) is 15.6. The summed E-state index contributed by atoms with van der Waals surface area (Å²) in [6.07, 6.45) is 6.69. The van der Waals surface area contributed by atoms with Gasteiger partial charge in [-0.3, -0.25) is 0 Å². The van der Waals surface area contributed by atoms with Gasteiger partial charge < -0.3 is 0 Å². The van der Waals surface area contributed by atoms with Crippen LogP contribution in [0.5, 0.6) is 0 Å². The van der Waals surface area contributed by atoms with Crippen molar-refractivity contribution in [3.63, 3.8) is 0 Å². The van der Waals surface area contributed by atoms with Crippen molar-refractivity contribution < 1.29 is 0 Å². The first-order valence-electron chi connectivity index (χ1n) is 8.45. The molecule has 0 radical (unpaired) electrons.